The van der Waals surface area contributed by atoms with Gasteiger partial charge in [0.15, 0.2) is 23.3 Å². The summed E-state index contributed by atoms with van der Waals surface area (Å²) >= 11 is 1.86. The van der Waals surface area contributed by atoms with Crippen LogP contribution in [0.25, 0.3) is 0 Å². The van der Waals surface area contributed by atoms with Gasteiger partial charge in [0.1, 0.15) is 0 Å². The predicted octanol–water partition coefficient (Wildman–Crippen LogP) is 2.73. The number of nitrogens with zero attached hydrogens (tertiary/aromatic N) is 2. The lowest BCUT2D eigenvalue weighted by molar-refractivity contribution is 0.570. The van der Waals surface area contributed by atoms with E-state index in [1.807, 2.05) is 23.6 Å². The monoisotopic (exact) mass is 273 g/mol. The molecule has 6 heteroatoms. The molecular weight excluding hydrogens is 256 g/mol. The molecule has 0 amide bonds. The second-order valence-corrected chi connectivity index (χ2v) is 5.33. The van der Waals surface area contributed by atoms with Gasteiger partial charge in [-0.2, -0.15) is 11.8 Å². The number of nitrogens with one attached hydrogen (secondary N) is 1. The smallest absolute Gasteiger partial charge is 0.168 e. The largest absolute Gasteiger partial charge is 0.368 e. The highest BCUT2D eigenvalue weighted by Crippen LogP contribution is 2.24. The van der Waals surface area contributed by atoms with Gasteiger partial charge in [-0.05, 0) is 19.1 Å². The zero-order valence-electron chi connectivity index (χ0n) is 10.4. The number of aromatic nitrogens is 1. The maximum atomic E-state index is 13.8. The summed E-state index contributed by atoms with van der Waals surface area (Å²) < 4.78 is 27.3. The molecule has 0 radical (unpaired) electrons. The molecule has 0 spiro atoms. The van der Waals surface area contributed by atoms with Gasteiger partial charge in [-0.15, -0.1) is 0 Å². The summed E-state index contributed by atoms with van der Waals surface area (Å²) in [5, 5.41) is 2.81. The van der Waals surface area contributed by atoms with E-state index in [1.165, 1.54) is 0 Å². The predicted molar refractivity (Wildman–Crippen MR) is 72.5 cm³/mol. The zero-order valence-corrected chi connectivity index (χ0v) is 11.2. The molecule has 0 atom stereocenters. The van der Waals surface area contributed by atoms with E-state index in [9.17, 15) is 8.78 Å². The summed E-state index contributed by atoms with van der Waals surface area (Å²) in [5.41, 5.74) is 0. The van der Waals surface area contributed by atoms with Gasteiger partial charge in [0.2, 0.25) is 0 Å². The molecule has 100 valence electrons. The first-order valence-electron chi connectivity index (χ1n) is 6.15. The van der Waals surface area contributed by atoms with Gasteiger partial charge in [0.05, 0.1) is 0 Å². The van der Waals surface area contributed by atoms with Gasteiger partial charge in [-0.3, -0.25) is 0 Å². The van der Waals surface area contributed by atoms with Crippen molar-refractivity contribution in [3.05, 3.63) is 17.7 Å². The highest BCUT2D eigenvalue weighted by atomic mass is 32.2. The van der Waals surface area contributed by atoms with Crippen LogP contribution in [0.5, 0.6) is 0 Å². The third-order valence-electron chi connectivity index (χ3n) is 2.78. The molecule has 0 saturated carbocycles. The quantitative estimate of drug-likeness (QED) is 0.916. The van der Waals surface area contributed by atoms with Crippen LogP contribution in [0.3, 0.4) is 0 Å². The van der Waals surface area contributed by atoms with Crippen LogP contribution in [0, 0.1) is 11.6 Å². The van der Waals surface area contributed by atoms with Crippen LogP contribution in [0.4, 0.5) is 20.4 Å². The molecule has 1 aliphatic heterocycles. The van der Waals surface area contributed by atoms with Crippen LogP contribution >= 0.6 is 11.8 Å². The minimum absolute atomic E-state index is 0.130. The Morgan fingerprint density at radius 1 is 1.33 bits per heavy atom. The molecule has 0 bridgehead atoms. The van der Waals surface area contributed by atoms with Crippen LogP contribution in [0.15, 0.2) is 6.07 Å². The van der Waals surface area contributed by atoms with E-state index < -0.39 is 11.6 Å². The number of thioether (sulfide) groups is 1. The van der Waals surface area contributed by atoms with Gasteiger partial charge >= 0.3 is 0 Å². The van der Waals surface area contributed by atoms with E-state index in [-0.39, 0.29) is 11.6 Å². The molecule has 1 N–H and O–H groups in total. The van der Waals surface area contributed by atoms with Crippen LogP contribution in [0.1, 0.15) is 13.3 Å². The zero-order chi connectivity index (χ0) is 13.0. The molecule has 2 heterocycles. The first kappa shape index (κ1) is 13.4. The lowest BCUT2D eigenvalue weighted by Crippen LogP contribution is -2.28. The molecule has 1 aromatic rings. The molecule has 1 aromatic heterocycles. The van der Waals surface area contributed by atoms with Crippen molar-refractivity contribution in [3.63, 3.8) is 0 Å². The second kappa shape index (κ2) is 6.22. The molecule has 0 aliphatic carbocycles. The van der Waals surface area contributed by atoms with Gasteiger partial charge in [0, 0.05) is 31.5 Å². The Balaban J connectivity index is 2.27. The number of pyridine rings is 1. The van der Waals surface area contributed by atoms with Crippen LogP contribution in [-0.2, 0) is 0 Å². The number of hydrogen-bond acceptors (Lipinski definition) is 4. The third-order valence-corrected chi connectivity index (χ3v) is 3.83. The summed E-state index contributed by atoms with van der Waals surface area (Å²) in [4.78, 5) is 5.98. The maximum absolute atomic E-state index is 13.8. The third kappa shape index (κ3) is 3.04. The fourth-order valence-electron chi connectivity index (χ4n) is 1.93. The van der Waals surface area contributed by atoms with Crippen molar-refractivity contribution in [2.45, 2.75) is 13.3 Å². The standard InChI is InChI=1S/C12H17F2N3S/c1-2-15-11-9(13)8-10(14)12(16-11)17-4-3-6-18-7-5-17/h8H,2-7H2,1H3,(H,15,16). The molecule has 1 saturated heterocycles. The van der Waals surface area contributed by atoms with Crippen molar-refractivity contribution in [1.29, 1.82) is 0 Å². The lowest BCUT2D eigenvalue weighted by Gasteiger charge is -2.22. The fourth-order valence-corrected chi connectivity index (χ4v) is 2.81. The molecule has 0 aromatic carbocycles. The van der Waals surface area contributed by atoms with Crippen molar-refractivity contribution in [2.24, 2.45) is 0 Å². The highest BCUT2D eigenvalue weighted by molar-refractivity contribution is 7.99. The molecule has 2 rings (SSSR count). The first-order chi connectivity index (χ1) is 8.72. The van der Waals surface area contributed by atoms with Gasteiger partial charge in [-0.1, -0.05) is 0 Å². The van der Waals surface area contributed by atoms with Crippen molar-refractivity contribution >= 4 is 23.4 Å². The van der Waals surface area contributed by atoms with Crippen LogP contribution in [0.2, 0.25) is 0 Å². The van der Waals surface area contributed by atoms with E-state index in [0.717, 1.165) is 37.1 Å². The van der Waals surface area contributed by atoms with E-state index >= 15 is 0 Å². The summed E-state index contributed by atoms with van der Waals surface area (Å²) in [7, 11) is 0. The second-order valence-electron chi connectivity index (χ2n) is 4.11. The Morgan fingerprint density at radius 3 is 2.94 bits per heavy atom. The SMILES string of the molecule is CCNc1nc(N2CCCSCC2)c(F)cc1F. The molecule has 18 heavy (non-hydrogen) atoms. The molecule has 3 nitrogen and oxygen atoms in total. The van der Waals surface area contributed by atoms with Crippen molar-refractivity contribution in [2.75, 3.05) is 41.4 Å². The Bertz CT molecular complexity index is 407. The Morgan fingerprint density at radius 2 is 2.17 bits per heavy atom. The Kier molecular flexibility index (Phi) is 4.63. The van der Waals surface area contributed by atoms with Gasteiger partial charge < -0.3 is 10.2 Å². The minimum Gasteiger partial charge on any atom is -0.368 e. The number of halogens is 2. The average Bonchev–Trinajstić information content (AvgIpc) is 2.61. The first-order valence-corrected chi connectivity index (χ1v) is 7.30. The van der Waals surface area contributed by atoms with Gasteiger partial charge in [-0.25, -0.2) is 13.8 Å². The Labute approximate surface area is 110 Å². The average molecular weight is 273 g/mol. The van der Waals surface area contributed by atoms with Crippen LogP contribution in [-0.4, -0.2) is 36.1 Å². The van der Waals surface area contributed by atoms with Crippen molar-refractivity contribution in [1.82, 2.24) is 4.98 Å². The van der Waals surface area contributed by atoms with Gasteiger partial charge in [0.25, 0.3) is 0 Å². The van der Waals surface area contributed by atoms with Crippen LogP contribution < -0.4 is 10.2 Å². The normalized spacial score (nSPS) is 16.5. The summed E-state index contributed by atoms with van der Waals surface area (Å²) in [6, 6.07) is 0.915. The molecule has 1 fully saturated rings. The summed E-state index contributed by atoms with van der Waals surface area (Å²) in [6.45, 7) is 3.94. The summed E-state index contributed by atoms with van der Waals surface area (Å²) in [5.74, 6) is 1.21. The van der Waals surface area contributed by atoms with Crippen molar-refractivity contribution < 1.29 is 8.78 Å². The topological polar surface area (TPSA) is 28.2 Å². The van der Waals surface area contributed by atoms with E-state index in [2.05, 4.69) is 10.3 Å². The summed E-state index contributed by atoms with van der Waals surface area (Å²) in [6.07, 6.45) is 1.000. The molecule has 0 unspecified atom stereocenters. The number of rotatable bonds is 3. The molecule has 1 aliphatic rings. The fraction of sp³-hybridized carbons (Fsp3) is 0.583. The number of anilines is 2. The molecular formula is C12H17F2N3S. The van der Waals surface area contributed by atoms with Crippen molar-refractivity contribution in [3.8, 4) is 0 Å². The Hall–Kier alpha value is -1.04. The van der Waals surface area contributed by atoms with E-state index in [1.54, 1.807) is 0 Å². The maximum Gasteiger partial charge on any atom is 0.168 e. The highest BCUT2D eigenvalue weighted by Gasteiger charge is 2.18. The minimum atomic E-state index is -0.637. The number of hydrogen-bond donors (Lipinski definition) is 1. The lowest BCUT2D eigenvalue weighted by atomic mass is 10.3. The van der Waals surface area contributed by atoms with E-state index in [4.69, 9.17) is 0 Å². The van der Waals surface area contributed by atoms with E-state index in [0.29, 0.717) is 6.54 Å².